The average Bonchev–Trinajstić information content (AvgIpc) is 3.38. The Bertz CT molecular complexity index is 1190. The Kier molecular flexibility index (Phi) is 8.84. The molecule has 224 valence electrons. The van der Waals surface area contributed by atoms with Gasteiger partial charge in [-0.15, -0.1) is 0 Å². The molecule has 4 atom stereocenters. The average molecular weight is 570 g/mol. The van der Waals surface area contributed by atoms with E-state index in [1.54, 1.807) is 5.57 Å². The maximum Gasteiger partial charge on any atom is 0.417 e. The van der Waals surface area contributed by atoms with E-state index < -0.39 is 17.2 Å². The van der Waals surface area contributed by atoms with Crippen molar-refractivity contribution < 1.29 is 18.0 Å². The topological polar surface area (TPSA) is 36.4 Å². The van der Waals surface area contributed by atoms with Crippen LogP contribution in [0.3, 0.4) is 0 Å². The van der Waals surface area contributed by atoms with Crippen LogP contribution in [0.1, 0.15) is 95.9 Å². The van der Waals surface area contributed by atoms with Crippen molar-refractivity contribution in [3.63, 3.8) is 0 Å². The number of nitrogens with zero attached hydrogens (tertiary/aromatic N) is 3. The number of carbonyl (C=O) groups excluding carboxylic acids is 1. The first-order valence-corrected chi connectivity index (χ1v) is 15.8. The number of aromatic nitrogens is 1. The molecule has 4 nitrogen and oxygen atoms in total. The number of allylic oxidation sites excluding steroid dienone is 6. The summed E-state index contributed by atoms with van der Waals surface area (Å²) in [6, 6.07) is 2.77. The SMILES string of the molecule is CC.CC(C)C1(C(=O)N2CCc3ncc(C(F)(F)F)cc3C2)CCC(N2C3CCC2CC(C2=CC=CC=CC2)C3)C1. The summed E-state index contributed by atoms with van der Waals surface area (Å²) in [5.41, 5.74) is 1.59. The van der Waals surface area contributed by atoms with Gasteiger partial charge in [0.15, 0.2) is 0 Å². The summed E-state index contributed by atoms with van der Waals surface area (Å²) in [4.78, 5) is 22.9. The third kappa shape index (κ3) is 5.80. The lowest BCUT2D eigenvalue weighted by Crippen LogP contribution is -2.51. The first-order valence-electron chi connectivity index (χ1n) is 15.8. The van der Waals surface area contributed by atoms with Crippen LogP contribution in [-0.4, -0.2) is 45.4 Å². The van der Waals surface area contributed by atoms with E-state index in [0.717, 1.165) is 31.9 Å². The predicted octanol–water partition coefficient (Wildman–Crippen LogP) is 7.89. The lowest BCUT2D eigenvalue weighted by atomic mass is 9.73. The number of piperidine rings is 1. The second-order valence-corrected chi connectivity index (χ2v) is 12.8. The predicted molar refractivity (Wildman–Crippen MR) is 157 cm³/mol. The minimum absolute atomic E-state index is 0.132. The molecule has 2 bridgehead atoms. The van der Waals surface area contributed by atoms with Gasteiger partial charge in [-0.3, -0.25) is 14.7 Å². The fourth-order valence-corrected chi connectivity index (χ4v) is 8.35. The fraction of sp³-hybridized carbons (Fsp3) is 0.647. The Morgan fingerprint density at radius 2 is 1.78 bits per heavy atom. The molecule has 4 unspecified atom stereocenters. The molecule has 2 saturated heterocycles. The Labute approximate surface area is 243 Å². The fourth-order valence-electron chi connectivity index (χ4n) is 8.35. The highest BCUT2D eigenvalue weighted by Crippen LogP contribution is 2.52. The molecule has 1 aromatic heterocycles. The number of alkyl halides is 3. The number of rotatable bonds is 4. The first kappa shape index (κ1) is 30.1. The van der Waals surface area contributed by atoms with Gasteiger partial charge in [-0.1, -0.05) is 63.6 Å². The number of amides is 1. The van der Waals surface area contributed by atoms with Crippen molar-refractivity contribution in [1.29, 1.82) is 0 Å². The monoisotopic (exact) mass is 569 g/mol. The smallest absolute Gasteiger partial charge is 0.337 e. The lowest BCUT2D eigenvalue weighted by molar-refractivity contribution is -0.146. The van der Waals surface area contributed by atoms with Crippen LogP contribution >= 0.6 is 0 Å². The minimum atomic E-state index is -4.43. The third-order valence-corrected chi connectivity index (χ3v) is 10.5. The van der Waals surface area contributed by atoms with Crippen molar-refractivity contribution in [3.8, 4) is 0 Å². The van der Waals surface area contributed by atoms with Gasteiger partial charge in [0.2, 0.25) is 5.91 Å². The van der Waals surface area contributed by atoms with Crippen LogP contribution in [0, 0.1) is 17.3 Å². The normalized spacial score (nSPS) is 31.4. The molecule has 4 heterocycles. The maximum atomic E-state index is 14.2. The quantitative estimate of drug-likeness (QED) is 0.370. The van der Waals surface area contributed by atoms with Crippen LogP contribution in [-0.2, 0) is 23.9 Å². The Morgan fingerprint density at radius 3 is 2.46 bits per heavy atom. The summed E-state index contributed by atoms with van der Waals surface area (Å²) >= 11 is 0. The molecule has 3 aliphatic heterocycles. The van der Waals surface area contributed by atoms with E-state index in [1.807, 2.05) is 18.7 Å². The minimum Gasteiger partial charge on any atom is -0.337 e. The van der Waals surface area contributed by atoms with E-state index in [1.165, 1.54) is 31.7 Å². The van der Waals surface area contributed by atoms with Gasteiger partial charge in [-0.05, 0) is 74.8 Å². The molecule has 6 rings (SSSR count). The Morgan fingerprint density at radius 1 is 1.05 bits per heavy atom. The van der Waals surface area contributed by atoms with Crippen molar-refractivity contribution in [1.82, 2.24) is 14.8 Å². The molecular formula is C34H46F3N3O. The van der Waals surface area contributed by atoms with Crippen LogP contribution in [0.4, 0.5) is 13.2 Å². The molecule has 1 saturated carbocycles. The van der Waals surface area contributed by atoms with Crippen LogP contribution < -0.4 is 0 Å². The van der Waals surface area contributed by atoms with Gasteiger partial charge in [-0.25, -0.2) is 0 Å². The molecule has 7 heteroatoms. The molecule has 1 aromatic rings. The number of hydrogen-bond donors (Lipinski definition) is 0. The maximum absolute atomic E-state index is 14.2. The zero-order valence-corrected chi connectivity index (χ0v) is 25.1. The molecule has 0 radical (unpaired) electrons. The molecule has 3 fully saturated rings. The van der Waals surface area contributed by atoms with E-state index >= 15 is 0 Å². The van der Waals surface area contributed by atoms with Crippen LogP contribution in [0.2, 0.25) is 0 Å². The first-order chi connectivity index (χ1) is 19.7. The summed E-state index contributed by atoms with van der Waals surface area (Å²) in [5, 5.41) is 0. The molecule has 0 aromatic carbocycles. The van der Waals surface area contributed by atoms with Crippen molar-refractivity contribution in [2.45, 2.75) is 116 Å². The third-order valence-electron chi connectivity index (χ3n) is 10.5. The molecular weight excluding hydrogens is 523 g/mol. The van der Waals surface area contributed by atoms with Crippen LogP contribution in [0.15, 0.2) is 48.2 Å². The van der Waals surface area contributed by atoms with E-state index in [-0.39, 0.29) is 18.4 Å². The largest absolute Gasteiger partial charge is 0.417 e. The van der Waals surface area contributed by atoms with Gasteiger partial charge < -0.3 is 4.90 Å². The molecule has 41 heavy (non-hydrogen) atoms. The van der Waals surface area contributed by atoms with Gasteiger partial charge in [0, 0.05) is 49.5 Å². The second kappa shape index (κ2) is 12.1. The summed E-state index contributed by atoms with van der Waals surface area (Å²) in [7, 11) is 0. The molecule has 5 aliphatic rings. The summed E-state index contributed by atoms with van der Waals surface area (Å²) in [5.74, 6) is 0.959. The zero-order valence-electron chi connectivity index (χ0n) is 25.1. The summed E-state index contributed by atoms with van der Waals surface area (Å²) in [6.07, 6.45) is 16.7. The van der Waals surface area contributed by atoms with E-state index in [4.69, 9.17) is 0 Å². The van der Waals surface area contributed by atoms with Gasteiger partial charge in [0.25, 0.3) is 0 Å². The van der Waals surface area contributed by atoms with E-state index in [2.05, 4.69) is 54.1 Å². The van der Waals surface area contributed by atoms with E-state index in [9.17, 15) is 18.0 Å². The molecule has 0 N–H and O–H groups in total. The van der Waals surface area contributed by atoms with Gasteiger partial charge >= 0.3 is 6.18 Å². The zero-order chi connectivity index (χ0) is 29.4. The molecule has 1 amide bonds. The highest BCUT2D eigenvalue weighted by Gasteiger charge is 2.54. The number of hydrogen-bond acceptors (Lipinski definition) is 3. The molecule has 0 spiro atoms. The van der Waals surface area contributed by atoms with Crippen LogP contribution in [0.5, 0.6) is 0 Å². The van der Waals surface area contributed by atoms with Crippen LogP contribution in [0.25, 0.3) is 0 Å². The summed E-state index contributed by atoms with van der Waals surface area (Å²) < 4.78 is 40.0. The van der Waals surface area contributed by atoms with Crippen molar-refractivity contribution in [2.75, 3.05) is 6.54 Å². The lowest BCUT2D eigenvalue weighted by Gasteiger charge is -2.44. The number of pyridine rings is 1. The van der Waals surface area contributed by atoms with Crippen molar-refractivity contribution in [3.05, 3.63) is 65.0 Å². The second-order valence-electron chi connectivity index (χ2n) is 12.8. The number of fused-ring (bicyclic) bond motifs is 3. The standard InChI is InChI=1S/C32H40F3N3O.C2H6/c1-21(2)31(30(39)37-14-12-29-24(20-37)15-25(19-36-29)32(33,34)35)13-11-28(18-31)38-26-9-10-27(38)17-23(16-26)22-7-5-3-4-6-8-22;1-2/h3-7,15,19,21,23,26-28H,8-14,16-18,20H2,1-2H3;1-2H3. The van der Waals surface area contributed by atoms with Gasteiger partial charge in [0.05, 0.1) is 11.0 Å². The Hall–Kier alpha value is -2.41. The number of halogens is 3. The number of carbonyl (C=O) groups is 1. The summed E-state index contributed by atoms with van der Waals surface area (Å²) in [6.45, 7) is 9.06. The van der Waals surface area contributed by atoms with Crippen molar-refractivity contribution in [2.24, 2.45) is 17.3 Å². The van der Waals surface area contributed by atoms with Gasteiger partial charge in [-0.2, -0.15) is 13.2 Å². The molecule has 2 aliphatic carbocycles. The van der Waals surface area contributed by atoms with E-state index in [0.29, 0.717) is 48.3 Å². The Balaban J connectivity index is 0.00000165. The highest BCUT2D eigenvalue weighted by atomic mass is 19.4. The van der Waals surface area contributed by atoms with Crippen molar-refractivity contribution >= 4 is 5.91 Å². The highest BCUT2D eigenvalue weighted by molar-refractivity contribution is 5.83. The van der Waals surface area contributed by atoms with Gasteiger partial charge in [0.1, 0.15) is 0 Å².